The van der Waals surface area contributed by atoms with E-state index in [1.165, 1.54) is 18.9 Å². The number of hydrogen-bond acceptors (Lipinski definition) is 5. The van der Waals surface area contributed by atoms with Gasteiger partial charge in [0.1, 0.15) is 11.5 Å². The highest BCUT2D eigenvalue weighted by molar-refractivity contribution is 6.43. The maximum Gasteiger partial charge on any atom is 0.454 e. The number of aromatic nitrogens is 1. The summed E-state index contributed by atoms with van der Waals surface area (Å²) in [6.45, 7) is 0.387. The van der Waals surface area contributed by atoms with E-state index in [9.17, 15) is 9.41 Å². The van der Waals surface area contributed by atoms with Crippen LogP contribution in [0.2, 0.25) is 6.32 Å². The van der Waals surface area contributed by atoms with Crippen LogP contribution in [0.3, 0.4) is 0 Å². The Morgan fingerprint density at radius 3 is 2.70 bits per heavy atom. The minimum Gasteiger partial charge on any atom is -0.493 e. The molecule has 0 bridgehead atoms. The maximum atomic E-state index is 14.5. The lowest BCUT2D eigenvalue weighted by molar-refractivity contribution is 0.201. The minimum atomic E-state index is -0.780. The Balaban J connectivity index is 1.65. The molecule has 1 aromatic carbocycles. The minimum absolute atomic E-state index is 0.0354. The normalized spacial score (nSPS) is 20.3. The van der Waals surface area contributed by atoms with Crippen molar-refractivity contribution in [1.82, 2.24) is 4.98 Å². The molecule has 0 amide bonds. The van der Waals surface area contributed by atoms with Crippen LogP contribution in [0.1, 0.15) is 37.3 Å². The van der Waals surface area contributed by atoms with Crippen molar-refractivity contribution in [3.63, 3.8) is 0 Å². The fourth-order valence-corrected chi connectivity index (χ4v) is 3.80. The highest BCUT2D eigenvalue weighted by Crippen LogP contribution is 2.36. The molecule has 1 atom stereocenters. The first kappa shape index (κ1) is 18.3. The molecule has 1 saturated carbocycles. The molecule has 7 heteroatoms. The third-order valence-corrected chi connectivity index (χ3v) is 5.29. The van der Waals surface area contributed by atoms with Gasteiger partial charge in [0.2, 0.25) is 0 Å². The van der Waals surface area contributed by atoms with Crippen LogP contribution in [0.5, 0.6) is 11.5 Å². The number of pyridine rings is 1. The van der Waals surface area contributed by atoms with Crippen LogP contribution in [0.15, 0.2) is 30.3 Å². The van der Waals surface area contributed by atoms with Crippen LogP contribution in [0, 0.1) is 5.82 Å². The van der Waals surface area contributed by atoms with Crippen LogP contribution in [-0.2, 0) is 4.65 Å². The van der Waals surface area contributed by atoms with Gasteiger partial charge in [-0.1, -0.05) is 0 Å². The summed E-state index contributed by atoms with van der Waals surface area (Å²) in [6.07, 6.45) is 5.03. The van der Waals surface area contributed by atoms with Gasteiger partial charge in [-0.2, -0.15) is 0 Å². The number of methoxy groups -OCH3 is 1. The lowest BCUT2D eigenvalue weighted by Crippen LogP contribution is -2.11. The van der Waals surface area contributed by atoms with E-state index in [0.717, 1.165) is 18.5 Å². The average Bonchev–Trinajstić information content (AvgIpc) is 3.34. The van der Waals surface area contributed by atoms with Crippen molar-refractivity contribution in [3.8, 4) is 22.8 Å². The molecule has 4 rings (SSSR count). The molecule has 2 aliphatic rings. The third-order valence-electron chi connectivity index (χ3n) is 5.29. The van der Waals surface area contributed by atoms with Crippen molar-refractivity contribution in [2.75, 3.05) is 13.7 Å². The summed E-state index contributed by atoms with van der Waals surface area (Å²) in [5, 5.41) is 9.58. The lowest BCUT2D eigenvalue weighted by atomic mass is 9.81. The van der Waals surface area contributed by atoms with E-state index < -0.39 is 12.9 Å². The van der Waals surface area contributed by atoms with Crippen LogP contribution in [0.25, 0.3) is 11.3 Å². The maximum absolute atomic E-state index is 14.5. The van der Waals surface area contributed by atoms with E-state index in [-0.39, 0.29) is 17.7 Å². The molecule has 1 aliphatic carbocycles. The van der Waals surface area contributed by atoms with Crippen LogP contribution in [0.4, 0.5) is 4.39 Å². The zero-order valence-electron chi connectivity index (χ0n) is 15.4. The van der Waals surface area contributed by atoms with Crippen molar-refractivity contribution < 1.29 is 23.5 Å². The van der Waals surface area contributed by atoms with E-state index >= 15 is 0 Å². The molecule has 1 aliphatic heterocycles. The molecule has 0 unspecified atom stereocenters. The number of rotatable bonds is 5. The van der Waals surface area contributed by atoms with Gasteiger partial charge < -0.3 is 19.2 Å². The molecule has 0 spiro atoms. The predicted octanol–water partition coefficient (Wildman–Crippen LogP) is 3.81. The number of ether oxygens (including phenoxy) is 2. The van der Waals surface area contributed by atoms with Crippen LogP contribution >= 0.6 is 0 Å². The number of nitrogens with zero attached hydrogens (tertiary/aromatic N) is 1. The van der Waals surface area contributed by atoms with Crippen molar-refractivity contribution in [2.45, 2.75) is 44.0 Å². The predicted molar refractivity (Wildman–Crippen MR) is 101 cm³/mol. The SMILES string of the molecule is COc1ccc(-c2nc([C@@H]3COB(O)C3)ccc2F)cc1OC1CCCC1. The second-order valence-corrected chi connectivity index (χ2v) is 7.18. The van der Waals surface area contributed by atoms with Crippen molar-refractivity contribution in [1.29, 1.82) is 0 Å². The summed E-state index contributed by atoms with van der Waals surface area (Å²) in [5.41, 5.74) is 1.63. The van der Waals surface area contributed by atoms with Crippen molar-refractivity contribution in [2.24, 2.45) is 0 Å². The first-order valence-corrected chi connectivity index (χ1v) is 9.45. The molecule has 1 N–H and O–H groups in total. The van der Waals surface area contributed by atoms with Gasteiger partial charge in [-0.25, -0.2) is 9.37 Å². The molecule has 2 fully saturated rings. The first-order chi connectivity index (χ1) is 13.1. The summed E-state index contributed by atoms with van der Waals surface area (Å²) in [6, 6.07) is 8.45. The van der Waals surface area contributed by atoms with E-state index in [1.54, 1.807) is 31.4 Å². The van der Waals surface area contributed by atoms with Gasteiger partial charge in [0.05, 0.1) is 13.2 Å². The van der Waals surface area contributed by atoms with Gasteiger partial charge in [-0.15, -0.1) is 0 Å². The Morgan fingerprint density at radius 2 is 2.00 bits per heavy atom. The summed E-state index contributed by atoms with van der Waals surface area (Å²) < 4.78 is 31.3. The Hall–Kier alpha value is -2.12. The number of benzene rings is 1. The van der Waals surface area contributed by atoms with E-state index in [2.05, 4.69) is 4.98 Å². The monoisotopic (exact) mass is 371 g/mol. The topological polar surface area (TPSA) is 60.8 Å². The van der Waals surface area contributed by atoms with Gasteiger partial charge >= 0.3 is 7.12 Å². The molecular formula is C20H23BFNO4. The van der Waals surface area contributed by atoms with Gasteiger partial charge in [0, 0.05) is 23.8 Å². The van der Waals surface area contributed by atoms with Crippen LogP contribution < -0.4 is 9.47 Å². The summed E-state index contributed by atoms with van der Waals surface area (Å²) >= 11 is 0. The molecule has 5 nitrogen and oxygen atoms in total. The van der Waals surface area contributed by atoms with Gasteiger partial charge in [0.15, 0.2) is 11.5 Å². The largest absolute Gasteiger partial charge is 0.493 e. The fourth-order valence-electron chi connectivity index (χ4n) is 3.80. The lowest BCUT2D eigenvalue weighted by Gasteiger charge is -2.17. The fraction of sp³-hybridized carbons (Fsp3) is 0.450. The molecule has 27 heavy (non-hydrogen) atoms. The Morgan fingerprint density at radius 1 is 1.19 bits per heavy atom. The zero-order chi connectivity index (χ0) is 18.8. The van der Waals surface area contributed by atoms with E-state index in [1.807, 2.05) is 0 Å². The summed E-state index contributed by atoms with van der Waals surface area (Å²) in [7, 11) is 0.819. The molecular weight excluding hydrogens is 348 g/mol. The van der Waals surface area contributed by atoms with E-state index in [4.69, 9.17) is 14.1 Å². The zero-order valence-corrected chi connectivity index (χ0v) is 15.4. The highest BCUT2D eigenvalue weighted by atomic mass is 19.1. The molecule has 142 valence electrons. The standard InChI is InChI=1S/C20H23BFNO4/c1-25-18-9-6-13(10-19(18)27-15-4-2-3-5-15)20-16(22)7-8-17(23-20)14-11-21(24)26-12-14/h6-10,14-15,24H,2-5,11-12H2,1H3/t14-/m0/s1. The van der Waals surface area contributed by atoms with Gasteiger partial charge in [-0.3, -0.25) is 0 Å². The molecule has 1 aromatic heterocycles. The van der Waals surface area contributed by atoms with Gasteiger partial charge in [-0.05, 0) is 62.3 Å². The van der Waals surface area contributed by atoms with Gasteiger partial charge in [0.25, 0.3) is 0 Å². The molecule has 2 aromatic rings. The number of halogens is 1. The van der Waals surface area contributed by atoms with Crippen LogP contribution in [-0.4, -0.2) is 36.9 Å². The molecule has 0 radical (unpaired) electrons. The highest BCUT2D eigenvalue weighted by Gasteiger charge is 2.31. The summed E-state index contributed by atoms with van der Waals surface area (Å²) in [4.78, 5) is 4.52. The van der Waals surface area contributed by atoms with Crippen molar-refractivity contribution >= 4 is 7.12 Å². The Bertz CT molecular complexity index is 813. The Labute approximate surface area is 158 Å². The first-order valence-electron chi connectivity index (χ1n) is 9.45. The second kappa shape index (κ2) is 7.86. The molecule has 1 saturated heterocycles. The summed E-state index contributed by atoms with van der Waals surface area (Å²) in [5.74, 6) is 0.824. The Kier molecular flexibility index (Phi) is 5.32. The number of hydrogen-bond donors (Lipinski definition) is 1. The smallest absolute Gasteiger partial charge is 0.454 e. The third kappa shape index (κ3) is 3.94. The molecule has 2 heterocycles. The van der Waals surface area contributed by atoms with Crippen molar-refractivity contribution in [3.05, 3.63) is 41.8 Å². The van der Waals surface area contributed by atoms with E-state index in [0.29, 0.717) is 30.0 Å². The quantitative estimate of drug-likeness (QED) is 0.810. The average molecular weight is 371 g/mol. The second-order valence-electron chi connectivity index (χ2n) is 7.18.